The molecule has 2 aromatic rings. The van der Waals surface area contributed by atoms with Crippen LogP contribution >= 0.6 is 12.2 Å². The highest BCUT2D eigenvalue weighted by molar-refractivity contribution is 7.80. The Morgan fingerprint density at radius 2 is 1.96 bits per heavy atom. The van der Waals surface area contributed by atoms with Gasteiger partial charge in [0, 0.05) is 12.6 Å². The number of hydrogen-bond acceptors (Lipinski definition) is 4. The van der Waals surface area contributed by atoms with Gasteiger partial charge >= 0.3 is 0 Å². The first-order valence-corrected chi connectivity index (χ1v) is 8.18. The van der Waals surface area contributed by atoms with Crippen molar-refractivity contribution in [2.24, 2.45) is 0 Å². The van der Waals surface area contributed by atoms with E-state index in [1.165, 1.54) is 30.2 Å². The standard InChI is InChI=1S/C19H15FN2O3S/c1-22-18(24)15(17(23)21-19(22)26)10-13-6-2-3-8-16(13)25-11-12-5-4-7-14(20)9-12/h2-10H,11H2,1H3,(H,21,23,26). The molecule has 0 saturated carbocycles. The van der Waals surface area contributed by atoms with E-state index in [2.05, 4.69) is 5.32 Å². The molecule has 5 nitrogen and oxygen atoms in total. The van der Waals surface area contributed by atoms with E-state index in [9.17, 15) is 14.0 Å². The van der Waals surface area contributed by atoms with Crippen LogP contribution in [0.15, 0.2) is 54.1 Å². The van der Waals surface area contributed by atoms with E-state index in [1.54, 1.807) is 36.4 Å². The number of nitrogens with zero attached hydrogens (tertiary/aromatic N) is 1. The molecule has 132 valence electrons. The summed E-state index contributed by atoms with van der Waals surface area (Å²) in [5.74, 6) is -0.914. The van der Waals surface area contributed by atoms with Gasteiger partial charge in [0.15, 0.2) is 5.11 Å². The summed E-state index contributed by atoms with van der Waals surface area (Å²) in [7, 11) is 1.49. The Morgan fingerprint density at radius 3 is 2.73 bits per heavy atom. The van der Waals surface area contributed by atoms with Gasteiger partial charge in [0.25, 0.3) is 11.8 Å². The Balaban J connectivity index is 1.86. The lowest BCUT2D eigenvalue weighted by atomic mass is 10.1. The Kier molecular flexibility index (Phi) is 5.09. The van der Waals surface area contributed by atoms with Crippen LogP contribution in [-0.2, 0) is 16.2 Å². The van der Waals surface area contributed by atoms with Crippen molar-refractivity contribution in [3.63, 3.8) is 0 Å². The zero-order valence-electron chi connectivity index (χ0n) is 13.9. The van der Waals surface area contributed by atoms with Gasteiger partial charge in [0.05, 0.1) is 0 Å². The zero-order valence-corrected chi connectivity index (χ0v) is 14.7. The maximum atomic E-state index is 13.3. The number of para-hydroxylation sites is 1. The minimum atomic E-state index is -0.557. The number of thiocarbonyl (C=S) groups is 1. The van der Waals surface area contributed by atoms with E-state index >= 15 is 0 Å². The minimum Gasteiger partial charge on any atom is -0.488 e. The fourth-order valence-corrected chi connectivity index (χ4v) is 2.60. The van der Waals surface area contributed by atoms with Crippen LogP contribution in [0.1, 0.15) is 11.1 Å². The van der Waals surface area contributed by atoms with Crippen LogP contribution < -0.4 is 10.1 Å². The number of rotatable bonds is 4. The van der Waals surface area contributed by atoms with Gasteiger partial charge in [-0.3, -0.25) is 19.8 Å². The van der Waals surface area contributed by atoms with E-state index in [0.29, 0.717) is 16.9 Å². The van der Waals surface area contributed by atoms with E-state index < -0.39 is 11.8 Å². The van der Waals surface area contributed by atoms with Crippen LogP contribution in [0.25, 0.3) is 6.08 Å². The fraction of sp³-hybridized carbons (Fsp3) is 0.105. The van der Waals surface area contributed by atoms with Crippen molar-refractivity contribution in [3.05, 3.63) is 71.0 Å². The molecule has 0 bridgehead atoms. The number of carbonyl (C=O) groups excluding carboxylic acids is 2. The predicted octanol–water partition coefficient (Wildman–Crippen LogP) is 2.66. The molecular weight excluding hydrogens is 355 g/mol. The summed E-state index contributed by atoms with van der Waals surface area (Å²) in [4.78, 5) is 25.6. The monoisotopic (exact) mass is 370 g/mol. The van der Waals surface area contributed by atoms with E-state index in [-0.39, 0.29) is 23.1 Å². The quantitative estimate of drug-likeness (QED) is 0.511. The fourth-order valence-electron chi connectivity index (χ4n) is 2.42. The molecule has 1 fully saturated rings. The Hall–Kier alpha value is -3.06. The lowest BCUT2D eigenvalue weighted by Gasteiger charge is -2.25. The Morgan fingerprint density at radius 1 is 1.19 bits per heavy atom. The van der Waals surface area contributed by atoms with E-state index in [4.69, 9.17) is 17.0 Å². The van der Waals surface area contributed by atoms with Crippen molar-refractivity contribution in [2.75, 3.05) is 7.05 Å². The largest absolute Gasteiger partial charge is 0.488 e. The van der Waals surface area contributed by atoms with Crippen molar-refractivity contribution in [1.29, 1.82) is 0 Å². The van der Waals surface area contributed by atoms with Gasteiger partial charge in [0.1, 0.15) is 23.7 Å². The minimum absolute atomic E-state index is 0.0390. The molecule has 0 unspecified atom stereocenters. The molecule has 0 atom stereocenters. The van der Waals surface area contributed by atoms with Crippen LogP contribution in [0.2, 0.25) is 0 Å². The average molecular weight is 370 g/mol. The second kappa shape index (κ2) is 7.45. The summed E-state index contributed by atoms with van der Waals surface area (Å²) >= 11 is 4.92. The third kappa shape index (κ3) is 3.78. The van der Waals surface area contributed by atoms with Crippen LogP contribution in [0.4, 0.5) is 4.39 Å². The highest BCUT2D eigenvalue weighted by atomic mass is 32.1. The van der Waals surface area contributed by atoms with Gasteiger partial charge in [-0.15, -0.1) is 0 Å². The Bertz CT molecular complexity index is 927. The van der Waals surface area contributed by atoms with Crippen molar-refractivity contribution in [1.82, 2.24) is 10.2 Å². The molecule has 26 heavy (non-hydrogen) atoms. The van der Waals surface area contributed by atoms with Gasteiger partial charge in [-0.2, -0.15) is 0 Å². The maximum absolute atomic E-state index is 13.3. The molecule has 7 heteroatoms. The third-order valence-electron chi connectivity index (χ3n) is 3.81. The summed E-state index contributed by atoms with van der Waals surface area (Å²) < 4.78 is 19.0. The predicted molar refractivity (Wildman–Crippen MR) is 98.7 cm³/mol. The number of halogens is 1. The summed E-state index contributed by atoms with van der Waals surface area (Å²) in [5, 5.41) is 2.52. The van der Waals surface area contributed by atoms with Gasteiger partial charge in [0.2, 0.25) is 0 Å². The first-order chi connectivity index (χ1) is 12.5. The lowest BCUT2D eigenvalue weighted by molar-refractivity contribution is -0.128. The number of benzene rings is 2. The number of carbonyl (C=O) groups is 2. The molecule has 0 spiro atoms. The van der Waals surface area contributed by atoms with Crippen LogP contribution in [0.3, 0.4) is 0 Å². The highest BCUT2D eigenvalue weighted by Crippen LogP contribution is 2.23. The van der Waals surface area contributed by atoms with Crippen molar-refractivity contribution >= 4 is 35.2 Å². The second-order valence-corrected chi connectivity index (χ2v) is 6.02. The summed E-state index contributed by atoms with van der Waals surface area (Å²) in [6.07, 6.45) is 1.46. The van der Waals surface area contributed by atoms with Crippen molar-refractivity contribution in [2.45, 2.75) is 6.61 Å². The molecular formula is C19H15FN2O3S. The summed E-state index contributed by atoms with van der Waals surface area (Å²) in [6.45, 7) is 0.155. The van der Waals surface area contributed by atoms with Gasteiger partial charge in [-0.05, 0) is 42.1 Å². The van der Waals surface area contributed by atoms with E-state index in [1.807, 2.05) is 0 Å². The number of ether oxygens (including phenoxy) is 1. The van der Waals surface area contributed by atoms with Gasteiger partial charge < -0.3 is 4.74 Å². The van der Waals surface area contributed by atoms with Crippen LogP contribution in [0, 0.1) is 5.82 Å². The molecule has 1 N–H and O–H groups in total. The van der Waals surface area contributed by atoms with Crippen LogP contribution in [-0.4, -0.2) is 28.9 Å². The smallest absolute Gasteiger partial charge is 0.265 e. The molecule has 0 radical (unpaired) electrons. The summed E-state index contributed by atoms with van der Waals surface area (Å²) in [5.41, 5.74) is 1.19. The molecule has 1 saturated heterocycles. The van der Waals surface area contributed by atoms with Crippen molar-refractivity contribution in [3.8, 4) is 5.75 Å². The third-order valence-corrected chi connectivity index (χ3v) is 4.18. The van der Waals surface area contributed by atoms with Gasteiger partial charge in [-0.25, -0.2) is 4.39 Å². The molecule has 1 aliphatic heterocycles. The topological polar surface area (TPSA) is 58.6 Å². The average Bonchev–Trinajstić information content (AvgIpc) is 2.62. The molecule has 2 aromatic carbocycles. The van der Waals surface area contributed by atoms with Crippen molar-refractivity contribution < 1.29 is 18.7 Å². The normalized spacial score (nSPS) is 16.0. The van der Waals surface area contributed by atoms with Crippen LogP contribution in [0.5, 0.6) is 5.75 Å². The van der Waals surface area contributed by atoms with E-state index in [0.717, 1.165) is 0 Å². The molecule has 0 aromatic heterocycles. The number of nitrogens with one attached hydrogen (secondary N) is 1. The van der Waals surface area contributed by atoms with Gasteiger partial charge in [-0.1, -0.05) is 30.3 Å². The molecule has 1 heterocycles. The molecule has 2 amide bonds. The maximum Gasteiger partial charge on any atom is 0.265 e. The number of amides is 2. The highest BCUT2D eigenvalue weighted by Gasteiger charge is 2.30. The Labute approximate surface area is 155 Å². The number of likely N-dealkylation sites (N-methyl/N-ethyl adjacent to an activating group) is 1. The molecule has 3 rings (SSSR count). The summed E-state index contributed by atoms with van der Waals surface area (Å²) in [6, 6.07) is 13.1. The first-order valence-electron chi connectivity index (χ1n) is 7.77. The first kappa shape index (κ1) is 17.8. The lowest BCUT2D eigenvalue weighted by Crippen LogP contribution is -2.52. The SMILES string of the molecule is CN1C(=O)C(=Cc2ccccc2OCc2cccc(F)c2)C(=O)NC1=S. The molecule has 1 aliphatic rings. The zero-order chi connectivity index (χ0) is 18.7. The molecule has 0 aliphatic carbocycles. The number of hydrogen-bond donors (Lipinski definition) is 1. The second-order valence-electron chi connectivity index (χ2n) is 5.64.